The SMILES string of the molecule is Cc1ccc(C(N)CN(C)CCOCC2CC2)c(C)c1. The van der Waals surface area contributed by atoms with Gasteiger partial charge < -0.3 is 15.4 Å². The first kappa shape index (κ1) is 15.5. The zero-order chi connectivity index (χ0) is 14.5. The van der Waals surface area contributed by atoms with Gasteiger partial charge in [0.25, 0.3) is 0 Å². The summed E-state index contributed by atoms with van der Waals surface area (Å²) in [4.78, 5) is 2.26. The molecule has 0 bridgehead atoms. The summed E-state index contributed by atoms with van der Waals surface area (Å²) in [6.07, 6.45) is 2.71. The van der Waals surface area contributed by atoms with Gasteiger partial charge in [0.05, 0.1) is 6.61 Å². The quantitative estimate of drug-likeness (QED) is 0.742. The average molecular weight is 276 g/mol. The van der Waals surface area contributed by atoms with Crippen LogP contribution in [0.25, 0.3) is 0 Å². The number of nitrogens with zero attached hydrogens (tertiary/aromatic N) is 1. The van der Waals surface area contributed by atoms with Gasteiger partial charge >= 0.3 is 0 Å². The standard InChI is InChI=1S/C17H28N2O/c1-13-4-7-16(14(2)10-13)17(18)11-19(3)8-9-20-12-15-5-6-15/h4,7,10,15,17H,5-6,8-9,11-12,18H2,1-3H3. The van der Waals surface area contributed by atoms with Crippen molar-refractivity contribution in [2.75, 3.05) is 33.4 Å². The first-order valence-corrected chi connectivity index (χ1v) is 7.65. The summed E-state index contributed by atoms with van der Waals surface area (Å²) in [6.45, 7) is 7.83. The molecule has 0 spiro atoms. The first-order chi connectivity index (χ1) is 9.56. The molecule has 112 valence electrons. The Morgan fingerprint density at radius 2 is 2.10 bits per heavy atom. The second-order valence-electron chi connectivity index (χ2n) is 6.25. The van der Waals surface area contributed by atoms with Gasteiger partial charge in [0.2, 0.25) is 0 Å². The zero-order valence-corrected chi connectivity index (χ0v) is 13.1. The van der Waals surface area contributed by atoms with Gasteiger partial charge in [-0.1, -0.05) is 23.8 Å². The lowest BCUT2D eigenvalue weighted by molar-refractivity contribution is 0.102. The number of hydrogen-bond donors (Lipinski definition) is 1. The topological polar surface area (TPSA) is 38.5 Å². The lowest BCUT2D eigenvalue weighted by Crippen LogP contribution is -2.32. The summed E-state index contributed by atoms with van der Waals surface area (Å²) in [7, 11) is 2.11. The molecule has 1 aromatic rings. The highest BCUT2D eigenvalue weighted by Crippen LogP contribution is 2.28. The van der Waals surface area contributed by atoms with Crippen LogP contribution < -0.4 is 5.73 Å². The molecule has 20 heavy (non-hydrogen) atoms. The third-order valence-electron chi connectivity index (χ3n) is 4.00. The Morgan fingerprint density at radius 1 is 1.35 bits per heavy atom. The number of hydrogen-bond acceptors (Lipinski definition) is 3. The molecule has 1 atom stereocenters. The summed E-state index contributed by atoms with van der Waals surface area (Å²) < 4.78 is 5.67. The summed E-state index contributed by atoms with van der Waals surface area (Å²) in [5.74, 6) is 0.845. The van der Waals surface area contributed by atoms with Crippen LogP contribution in [0.1, 0.15) is 35.6 Å². The van der Waals surface area contributed by atoms with Crippen molar-refractivity contribution in [1.82, 2.24) is 4.90 Å². The van der Waals surface area contributed by atoms with E-state index in [-0.39, 0.29) is 6.04 Å². The van der Waals surface area contributed by atoms with Gasteiger partial charge in [-0.25, -0.2) is 0 Å². The molecule has 0 aliphatic heterocycles. The molecule has 1 aliphatic carbocycles. The number of nitrogens with two attached hydrogens (primary N) is 1. The Hall–Kier alpha value is -0.900. The van der Waals surface area contributed by atoms with Crippen molar-refractivity contribution in [1.29, 1.82) is 0 Å². The van der Waals surface area contributed by atoms with Gasteiger partial charge in [-0.3, -0.25) is 0 Å². The second-order valence-corrected chi connectivity index (χ2v) is 6.25. The summed E-state index contributed by atoms with van der Waals surface area (Å²) >= 11 is 0. The molecular formula is C17H28N2O. The Bertz CT molecular complexity index is 429. The van der Waals surface area contributed by atoms with E-state index in [9.17, 15) is 0 Å². The van der Waals surface area contributed by atoms with Crippen molar-refractivity contribution in [3.8, 4) is 0 Å². The van der Waals surface area contributed by atoms with Crippen LogP contribution in [0.3, 0.4) is 0 Å². The lowest BCUT2D eigenvalue weighted by atomic mass is 9.99. The van der Waals surface area contributed by atoms with Gasteiger partial charge in [-0.2, -0.15) is 0 Å². The largest absolute Gasteiger partial charge is 0.380 e. The van der Waals surface area contributed by atoms with Crippen LogP contribution in [0.2, 0.25) is 0 Å². The predicted molar refractivity (Wildman–Crippen MR) is 83.9 cm³/mol. The highest BCUT2D eigenvalue weighted by atomic mass is 16.5. The third kappa shape index (κ3) is 4.89. The molecule has 1 aromatic carbocycles. The summed E-state index contributed by atoms with van der Waals surface area (Å²) in [6, 6.07) is 6.57. The van der Waals surface area contributed by atoms with Crippen LogP contribution in [0.15, 0.2) is 18.2 Å². The van der Waals surface area contributed by atoms with Crippen LogP contribution in [-0.2, 0) is 4.74 Å². The average Bonchev–Trinajstić information content (AvgIpc) is 3.18. The first-order valence-electron chi connectivity index (χ1n) is 7.65. The van der Waals surface area contributed by atoms with Crippen LogP contribution in [0.5, 0.6) is 0 Å². The van der Waals surface area contributed by atoms with E-state index in [1.54, 1.807) is 0 Å². The van der Waals surface area contributed by atoms with E-state index in [1.165, 1.54) is 29.5 Å². The predicted octanol–water partition coefficient (Wildman–Crippen LogP) is 2.66. The normalized spacial score (nSPS) is 16.6. The van der Waals surface area contributed by atoms with Crippen LogP contribution in [0, 0.1) is 19.8 Å². The molecule has 1 unspecified atom stereocenters. The van der Waals surface area contributed by atoms with Crippen molar-refractivity contribution in [2.24, 2.45) is 11.7 Å². The minimum atomic E-state index is 0.0732. The maximum absolute atomic E-state index is 6.33. The summed E-state index contributed by atoms with van der Waals surface area (Å²) in [5, 5.41) is 0. The number of likely N-dealkylation sites (N-methyl/N-ethyl adjacent to an activating group) is 1. The fourth-order valence-corrected chi connectivity index (χ4v) is 2.52. The molecular weight excluding hydrogens is 248 g/mol. The van der Waals surface area contributed by atoms with Gasteiger partial charge in [0.1, 0.15) is 0 Å². The Morgan fingerprint density at radius 3 is 2.75 bits per heavy atom. The highest BCUT2D eigenvalue weighted by molar-refractivity contribution is 5.32. The van der Waals surface area contributed by atoms with Crippen LogP contribution in [0.4, 0.5) is 0 Å². The van der Waals surface area contributed by atoms with Crippen molar-refractivity contribution in [2.45, 2.75) is 32.7 Å². The molecule has 0 saturated heterocycles. The van der Waals surface area contributed by atoms with Crippen molar-refractivity contribution in [3.05, 3.63) is 34.9 Å². The van der Waals surface area contributed by atoms with Crippen LogP contribution >= 0.6 is 0 Å². The molecule has 1 aliphatic rings. The fraction of sp³-hybridized carbons (Fsp3) is 0.647. The molecule has 2 N–H and O–H groups in total. The van der Waals surface area contributed by atoms with E-state index in [0.29, 0.717) is 0 Å². The van der Waals surface area contributed by atoms with E-state index in [4.69, 9.17) is 10.5 Å². The lowest BCUT2D eigenvalue weighted by Gasteiger charge is -2.22. The monoisotopic (exact) mass is 276 g/mol. The molecule has 1 fully saturated rings. The number of ether oxygens (including phenoxy) is 1. The van der Waals surface area contributed by atoms with Crippen molar-refractivity contribution in [3.63, 3.8) is 0 Å². The molecule has 2 rings (SSSR count). The molecule has 0 amide bonds. The molecule has 0 aromatic heterocycles. The number of rotatable bonds is 8. The van der Waals surface area contributed by atoms with E-state index < -0.39 is 0 Å². The number of benzene rings is 1. The third-order valence-corrected chi connectivity index (χ3v) is 4.00. The molecule has 1 saturated carbocycles. The van der Waals surface area contributed by atoms with Crippen LogP contribution in [-0.4, -0.2) is 38.3 Å². The fourth-order valence-electron chi connectivity index (χ4n) is 2.52. The second kappa shape index (κ2) is 7.21. The summed E-state index contributed by atoms with van der Waals surface area (Å²) in [5.41, 5.74) is 10.2. The minimum Gasteiger partial charge on any atom is -0.380 e. The Labute approximate surface area is 123 Å². The Balaban J connectivity index is 1.72. The van der Waals surface area contributed by atoms with E-state index in [2.05, 4.69) is 44.0 Å². The zero-order valence-electron chi connectivity index (χ0n) is 13.1. The van der Waals surface area contributed by atoms with E-state index >= 15 is 0 Å². The van der Waals surface area contributed by atoms with E-state index in [0.717, 1.165) is 32.2 Å². The smallest absolute Gasteiger partial charge is 0.0593 e. The van der Waals surface area contributed by atoms with E-state index in [1.807, 2.05) is 0 Å². The van der Waals surface area contributed by atoms with Gasteiger partial charge in [0.15, 0.2) is 0 Å². The van der Waals surface area contributed by atoms with Gasteiger partial charge in [-0.15, -0.1) is 0 Å². The molecule has 3 heteroatoms. The molecule has 0 heterocycles. The van der Waals surface area contributed by atoms with Crippen molar-refractivity contribution < 1.29 is 4.74 Å². The van der Waals surface area contributed by atoms with Gasteiger partial charge in [0, 0.05) is 25.7 Å². The minimum absolute atomic E-state index is 0.0732. The molecule has 3 nitrogen and oxygen atoms in total. The number of aryl methyl sites for hydroxylation is 2. The Kier molecular flexibility index (Phi) is 5.58. The van der Waals surface area contributed by atoms with Crippen molar-refractivity contribution >= 4 is 0 Å². The molecule has 0 radical (unpaired) electrons. The van der Waals surface area contributed by atoms with Gasteiger partial charge in [-0.05, 0) is 50.8 Å². The highest BCUT2D eigenvalue weighted by Gasteiger charge is 2.21. The maximum Gasteiger partial charge on any atom is 0.0593 e. The maximum atomic E-state index is 6.33.